The molecule has 0 saturated carbocycles. The van der Waals surface area contributed by atoms with Crippen molar-refractivity contribution in [2.45, 2.75) is 32.1 Å². The third kappa shape index (κ3) is 4.67. The number of hydrogen-bond donors (Lipinski definition) is 0. The molecule has 30 heavy (non-hydrogen) atoms. The fraction of sp³-hybridized carbons (Fsp3) is 0.348. The van der Waals surface area contributed by atoms with E-state index in [1.54, 1.807) is 18.2 Å². The van der Waals surface area contributed by atoms with Crippen molar-refractivity contribution in [3.05, 3.63) is 64.9 Å². The Morgan fingerprint density at radius 2 is 2.00 bits per heavy atom. The average Bonchev–Trinajstić information content (AvgIpc) is 3.26. The quantitative estimate of drug-likeness (QED) is 0.575. The van der Waals surface area contributed by atoms with Crippen LogP contribution in [0, 0.1) is 5.82 Å². The molecule has 5 nitrogen and oxygen atoms in total. The molecule has 1 amide bonds. The van der Waals surface area contributed by atoms with Crippen LogP contribution < -0.4 is 4.74 Å². The van der Waals surface area contributed by atoms with E-state index in [1.165, 1.54) is 17.4 Å². The third-order valence-corrected chi connectivity index (χ3v) is 6.38. The molecule has 4 rings (SSSR count). The molecule has 2 aromatic carbocycles. The van der Waals surface area contributed by atoms with Gasteiger partial charge in [0.05, 0.1) is 13.0 Å². The van der Waals surface area contributed by atoms with Crippen LogP contribution in [0.5, 0.6) is 5.75 Å². The van der Waals surface area contributed by atoms with Crippen molar-refractivity contribution in [3.63, 3.8) is 0 Å². The SMILES string of the molecule is CCOc1ccc(CC(=O)N2CCCC(c3nnc(-c4ccccc4F)s3)C2)cc1. The van der Waals surface area contributed by atoms with E-state index in [-0.39, 0.29) is 17.6 Å². The van der Waals surface area contributed by atoms with Gasteiger partial charge in [-0.2, -0.15) is 0 Å². The fourth-order valence-electron chi connectivity index (χ4n) is 3.70. The summed E-state index contributed by atoms with van der Waals surface area (Å²) in [5, 5.41) is 9.96. The van der Waals surface area contributed by atoms with Crippen LogP contribution >= 0.6 is 11.3 Å². The van der Waals surface area contributed by atoms with Crippen LogP contribution in [0.15, 0.2) is 48.5 Å². The number of carbonyl (C=O) groups excluding carboxylic acids is 1. The Hall–Kier alpha value is -2.80. The summed E-state index contributed by atoms with van der Waals surface area (Å²) in [6, 6.07) is 14.3. The maximum atomic E-state index is 14.0. The normalized spacial score (nSPS) is 16.5. The Morgan fingerprint density at radius 1 is 1.20 bits per heavy atom. The van der Waals surface area contributed by atoms with Crippen molar-refractivity contribution in [1.29, 1.82) is 0 Å². The van der Waals surface area contributed by atoms with E-state index in [0.717, 1.165) is 35.7 Å². The summed E-state index contributed by atoms with van der Waals surface area (Å²) < 4.78 is 19.5. The monoisotopic (exact) mass is 425 g/mol. The van der Waals surface area contributed by atoms with Crippen LogP contribution in [0.1, 0.15) is 36.3 Å². The number of halogens is 1. The highest BCUT2D eigenvalue weighted by atomic mass is 32.1. The second-order valence-corrected chi connectivity index (χ2v) is 8.37. The summed E-state index contributed by atoms with van der Waals surface area (Å²) in [5.74, 6) is 0.772. The van der Waals surface area contributed by atoms with E-state index in [0.29, 0.717) is 30.1 Å². The zero-order valence-electron chi connectivity index (χ0n) is 16.9. The molecule has 0 aliphatic carbocycles. The van der Waals surface area contributed by atoms with E-state index in [2.05, 4.69) is 10.2 Å². The maximum Gasteiger partial charge on any atom is 0.227 e. The molecule has 1 atom stereocenters. The Balaban J connectivity index is 1.41. The molecule has 0 spiro atoms. The first-order valence-corrected chi connectivity index (χ1v) is 11.0. The molecule has 2 heterocycles. The number of piperidine rings is 1. The molecule has 1 aromatic heterocycles. The van der Waals surface area contributed by atoms with Crippen LogP contribution in [0.3, 0.4) is 0 Å². The van der Waals surface area contributed by atoms with Gasteiger partial charge in [-0.05, 0) is 49.6 Å². The van der Waals surface area contributed by atoms with Gasteiger partial charge in [-0.1, -0.05) is 35.6 Å². The number of hydrogen-bond acceptors (Lipinski definition) is 5. The van der Waals surface area contributed by atoms with Gasteiger partial charge in [0.15, 0.2) is 5.01 Å². The summed E-state index contributed by atoms with van der Waals surface area (Å²) in [7, 11) is 0. The molecule has 156 valence electrons. The molecule has 1 fully saturated rings. The van der Waals surface area contributed by atoms with Crippen molar-refractivity contribution >= 4 is 17.2 Å². The van der Waals surface area contributed by atoms with Gasteiger partial charge in [0, 0.05) is 24.6 Å². The van der Waals surface area contributed by atoms with Crippen molar-refractivity contribution in [2.75, 3.05) is 19.7 Å². The minimum atomic E-state index is -0.295. The number of rotatable bonds is 6. The van der Waals surface area contributed by atoms with Crippen molar-refractivity contribution in [3.8, 4) is 16.3 Å². The Labute approximate surface area is 179 Å². The molecule has 1 unspecified atom stereocenters. The molecular formula is C23H24FN3O2S. The van der Waals surface area contributed by atoms with Gasteiger partial charge < -0.3 is 9.64 Å². The Bertz CT molecular complexity index is 1010. The van der Waals surface area contributed by atoms with Crippen molar-refractivity contribution in [2.24, 2.45) is 0 Å². The summed E-state index contributed by atoms with van der Waals surface area (Å²) in [4.78, 5) is 14.8. The van der Waals surface area contributed by atoms with Gasteiger partial charge in [-0.15, -0.1) is 10.2 Å². The van der Waals surface area contributed by atoms with Gasteiger partial charge in [0.25, 0.3) is 0 Å². The second kappa shape index (κ2) is 9.34. The van der Waals surface area contributed by atoms with Gasteiger partial charge in [0.2, 0.25) is 5.91 Å². The second-order valence-electron chi connectivity index (χ2n) is 7.36. The van der Waals surface area contributed by atoms with Gasteiger partial charge in [-0.25, -0.2) is 4.39 Å². The maximum absolute atomic E-state index is 14.0. The molecule has 0 radical (unpaired) electrons. The van der Waals surface area contributed by atoms with E-state index >= 15 is 0 Å². The highest BCUT2D eigenvalue weighted by Crippen LogP contribution is 2.33. The van der Waals surface area contributed by atoms with Gasteiger partial charge in [0.1, 0.15) is 16.6 Å². The summed E-state index contributed by atoms with van der Waals surface area (Å²) >= 11 is 1.42. The zero-order valence-corrected chi connectivity index (χ0v) is 17.7. The predicted octanol–water partition coefficient (Wildman–Crippen LogP) is 4.69. The molecule has 1 saturated heterocycles. The number of ether oxygens (including phenoxy) is 1. The zero-order chi connectivity index (χ0) is 20.9. The Morgan fingerprint density at radius 3 is 2.77 bits per heavy atom. The number of benzene rings is 2. The van der Waals surface area contributed by atoms with Crippen molar-refractivity contribution in [1.82, 2.24) is 15.1 Å². The Kier molecular flexibility index (Phi) is 6.38. The number of nitrogens with zero attached hydrogens (tertiary/aromatic N) is 3. The molecule has 7 heteroatoms. The highest BCUT2D eigenvalue weighted by molar-refractivity contribution is 7.14. The van der Waals surface area contributed by atoms with Gasteiger partial charge >= 0.3 is 0 Å². The highest BCUT2D eigenvalue weighted by Gasteiger charge is 2.27. The van der Waals surface area contributed by atoms with E-state index < -0.39 is 0 Å². The number of carbonyl (C=O) groups is 1. The molecular weight excluding hydrogens is 401 g/mol. The molecule has 1 aliphatic heterocycles. The largest absolute Gasteiger partial charge is 0.494 e. The fourth-order valence-corrected chi connectivity index (χ4v) is 4.70. The predicted molar refractivity (Wildman–Crippen MR) is 115 cm³/mol. The van der Waals surface area contributed by atoms with Gasteiger partial charge in [-0.3, -0.25) is 4.79 Å². The van der Waals surface area contributed by atoms with Crippen LogP contribution in [0.4, 0.5) is 4.39 Å². The van der Waals surface area contributed by atoms with E-state index in [1.807, 2.05) is 36.1 Å². The number of aromatic nitrogens is 2. The number of amides is 1. The molecule has 0 bridgehead atoms. The van der Waals surface area contributed by atoms with E-state index in [4.69, 9.17) is 4.74 Å². The lowest BCUT2D eigenvalue weighted by Gasteiger charge is -2.31. The van der Waals surface area contributed by atoms with Crippen LogP contribution in [0.25, 0.3) is 10.6 Å². The lowest BCUT2D eigenvalue weighted by Crippen LogP contribution is -2.39. The lowest BCUT2D eigenvalue weighted by molar-refractivity contribution is -0.131. The topological polar surface area (TPSA) is 55.3 Å². The summed E-state index contributed by atoms with van der Waals surface area (Å²) in [6.45, 7) is 3.95. The first-order chi connectivity index (χ1) is 14.6. The molecule has 3 aromatic rings. The third-order valence-electron chi connectivity index (χ3n) is 5.26. The smallest absolute Gasteiger partial charge is 0.227 e. The van der Waals surface area contributed by atoms with Crippen LogP contribution in [-0.4, -0.2) is 40.7 Å². The first kappa shape index (κ1) is 20.5. The average molecular weight is 426 g/mol. The number of likely N-dealkylation sites (tertiary alicyclic amines) is 1. The standard InChI is InChI=1S/C23H24FN3O2S/c1-2-29-18-11-9-16(10-12-18)14-21(28)27-13-5-6-17(15-27)22-25-26-23(30-22)19-7-3-4-8-20(19)24/h3-4,7-12,17H,2,5-6,13-15H2,1H3. The van der Waals surface area contributed by atoms with Crippen molar-refractivity contribution < 1.29 is 13.9 Å². The lowest BCUT2D eigenvalue weighted by atomic mass is 9.98. The van der Waals surface area contributed by atoms with Crippen LogP contribution in [-0.2, 0) is 11.2 Å². The summed E-state index contributed by atoms with van der Waals surface area (Å²) in [6.07, 6.45) is 2.25. The minimum Gasteiger partial charge on any atom is -0.494 e. The minimum absolute atomic E-state index is 0.114. The first-order valence-electron chi connectivity index (χ1n) is 10.2. The summed E-state index contributed by atoms with van der Waals surface area (Å²) in [5.41, 5.74) is 1.45. The molecule has 0 N–H and O–H groups in total. The van der Waals surface area contributed by atoms with E-state index in [9.17, 15) is 9.18 Å². The molecule has 1 aliphatic rings. The van der Waals surface area contributed by atoms with Crippen LogP contribution in [0.2, 0.25) is 0 Å².